The minimum atomic E-state index is -0.288. The standard InChI is InChI=1S/C15H13N3O/c1-18-10-8-12(14(11-16)15(18)19)7-9-17-13-5-3-2-4-6-13/h2-10,17H,1H3/b9-7+. The number of aromatic nitrogens is 1. The molecule has 0 bridgehead atoms. The van der Waals surface area contributed by atoms with E-state index in [0.717, 1.165) is 5.69 Å². The summed E-state index contributed by atoms with van der Waals surface area (Å²) in [4.78, 5) is 11.7. The first-order chi connectivity index (χ1) is 9.22. The Morgan fingerprint density at radius 1 is 1.26 bits per heavy atom. The van der Waals surface area contributed by atoms with Crippen LogP contribution < -0.4 is 10.9 Å². The van der Waals surface area contributed by atoms with Gasteiger partial charge >= 0.3 is 0 Å². The predicted molar refractivity (Wildman–Crippen MR) is 75.5 cm³/mol. The van der Waals surface area contributed by atoms with Crippen molar-refractivity contribution in [3.8, 4) is 6.07 Å². The highest BCUT2D eigenvalue weighted by Crippen LogP contribution is 2.08. The van der Waals surface area contributed by atoms with Crippen LogP contribution in [0.1, 0.15) is 11.1 Å². The zero-order chi connectivity index (χ0) is 13.7. The van der Waals surface area contributed by atoms with Crippen molar-refractivity contribution in [3.05, 3.63) is 70.3 Å². The Labute approximate surface area is 111 Å². The summed E-state index contributed by atoms with van der Waals surface area (Å²) in [6.07, 6.45) is 5.07. The highest BCUT2D eigenvalue weighted by Gasteiger charge is 2.04. The minimum absolute atomic E-state index is 0.149. The fourth-order valence-corrected chi connectivity index (χ4v) is 1.66. The maximum Gasteiger partial charge on any atom is 0.268 e. The lowest BCUT2D eigenvalue weighted by Gasteiger charge is -2.02. The van der Waals surface area contributed by atoms with Gasteiger partial charge in [0.1, 0.15) is 11.6 Å². The number of anilines is 1. The van der Waals surface area contributed by atoms with Gasteiger partial charge in [-0.3, -0.25) is 4.79 Å². The van der Waals surface area contributed by atoms with Gasteiger partial charge in [-0.1, -0.05) is 18.2 Å². The molecule has 2 rings (SSSR count). The van der Waals surface area contributed by atoms with Gasteiger partial charge in [-0.2, -0.15) is 5.26 Å². The summed E-state index contributed by atoms with van der Waals surface area (Å²) in [5.41, 5.74) is 1.41. The number of hydrogen-bond acceptors (Lipinski definition) is 3. The van der Waals surface area contributed by atoms with E-state index in [2.05, 4.69) is 5.32 Å². The van der Waals surface area contributed by atoms with Crippen molar-refractivity contribution in [1.82, 2.24) is 4.57 Å². The van der Waals surface area contributed by atoms with E-state index in [0.29, 0.717) is 5.56 Å². The molecule has 0 atom stereocenters. The van der Waals surface area contributed by atoms with E-state index in [1.54, 1.807) is 31.6 Å². The smallest absolute Gasteiger partial charge is 0.268 e. The molecule has 1 aromatic carbocycles. The molecule has 1 N–H and O–H groups in total. The van der Waals surface area contributed by atoms with Crippen LogP contribution in [0.25, 0.3) is 6.08 Å². The largest absolute Gasteiger partial charge is 0.362 e. The summed E-state index contributed by atoms with van der Waals surface area (Å²) in [5.74, 6) is 0. The van der Waals surface area contributed by atoms with Crippen molar-refractivity contribution < 1.29 is 0 Å². The van der Waals surface area contributed by atoms with Gasteiger partial charge in [0, 0.05) is 30.7 Å². The lowest BCUT2D eigenvalue weighted by atomic mass is 10.1. The fraction of sp³-hybridized carbons (Fsp3) is 0.0667. The second kappa shape index (κ2) is 5.69. The molecule has 1 aromatic heterocycles. The lowest BCUT2D eigenvalue weighted by Crippen LogP contribution is -2.19. The Hall–Kier alpha value is -2.80. The van der Waals surface area contributed by atoms with Gasteiger partial charge in [0.15, 0.2) is 0 Å². The van der Waals surface area contributed by atoms with Gasteiger partial charge in [-0.05, 0) is 24.3 Å². The second-order valence-electron chi connectivity index (χ2n) is 4.02. The average Bonchev–Trinajstić information content (AvgIpc) is 2.44. The lowest BCUT2D eigenvalue weighted by molar-refractivity contribution is 0.854. The van der Waals surface area contributed by atoms with Crippen LogP contribution in [0.3, 0.4) is 0 Å². The van der Waals surface area contributed by atoms with Gasteiger partial charge in [0.05, 0.1) is 0 Å². The Balaban J connectivity index is 2.23. The molecule has 0 amide bonds. The third-order valence-corrected chi connectivity index (χ3v) is 2.70. The molecule has 0 aliphatic rings. The van der Waals surface area contributed by atoms with Gasteiger partial charge in [0.2, 0.25) is 0 Å². The summed E-state index contributed by atoms with van der Waals surface area (Å²) < 4.78 is 1.39. The van der Waals surface area contributed by atoms with Crippen molar-refractivity contribution in [2.24, 2.45) is 7.05 Å². The summed E-state index contributed by atoms with van der Waals surface area (Å²) in [5, 5.41) is 12.1. The number of pyridine rings is 1. The van der Waals surface area contributed by atoms with Crippen LogP contribution in [0, 0.1) is 11.3 Å². The van der Waals surface area contributed by atoms with Crippen molar-refractivity contribution in [1.29, 1.82) is 5.26 Å². The van der Waals surface area contributed by atoms with Crippen LogP contribution in [0.5, 0.6) is 0 Å². The molecule has 0 unspecified atom stereocenters. The number of para-hydroxylation sites is 1. The maximum absolute atomic E-state index is 11.7. The number of nitrogens with one attached hydrogen (secondary N) is 1. The molecule has 19 heavy (non-hydrogen) atoms. The first kappa shape index (κ1) is 12.7. The summed E-state index contributed by atoms with van der Waals surface area (Å²) in [7, 11) is 1.62. The summed E-state index contributed by atoms with van der Waals surface area (Å²) in [6.45, 7) is 0. The topological polar surface area (TPSA) is 57.8 Å². The normalized spacial score (nSPS) is 10.3. The highest BCUT2D eigenvalue weighted by atomic mass is 16.1. The molecule has 4 heteroatoms. The molecule has 1 heterocycles. The maximum atomic E-state index is 11.7. The molecule has 0 fully saturated rings. The van der Waals surface area contributed by atoms with Crippen LogP contribution in [0.4, 0.5) is 5.69 Å². The van der Waals surface area contributed by atoms with E-state index in [1.807, 2.05) is 36.4 Å². The second-order valence-corrected chi connectivity index (χ2v) is 4.02. The van der Waals surface area contributed by atoms with Crippen molar-refractivity contribution in [3.63, 3.8) is 0 Å². The molecule has 0 aliphatic carbocycles. The average molecular weight is 251 g/mol. The highest BCUT2D eigenvalue weighted by molar-refractivity contribution is 5.59. The zero-order valence-electron chi connectivity index (χ0n) is 10.5. The number of benzene rings is 1. The molecule has 0 saturated carbocycles. The van der Waals surface area contributed by atoms with Gasteiger partial charge in [-0.15, -0.1) is 0 Å². The third-order valence-electron chi connectivity index (χ3n) is 2.70. The molecule has 0 saturated heterocycles. The van der Waals surface area contributed by atoms with Crippen molar-refractivity contribution in [2.75, 3.05) is 5.32 Å². The van der Waals surface area contributed by atoms with Crippen LogP contribution in [-0.4, -0.2) is 4.57 Å². The van der Waals surface area contributed by atoms with E-state index >= 15 is 0 Å². The predicted octanol–water partition coefficient (Wildman–Crippen LogP) is 2.34. The first-order valence-electron chi connectivity index (χ1n) is 5.80. The number of nitrogens with zero attached hydrogens (tertiary/aromatic N) is 2. The van der Waals surface area contributed by atoms with Gasteiger partial charge in [0.25, 0.3) is 5.56 Å². The monoisotopic (exact) mass is 251 g/mol. The number of rotatable bonds is 3. The summed E-state index contributed by atoms with van der Waals surface area (Å²) >= 11 is 0. The molecule has 0 aliphatic heterocycles. The third kappa shape index (κ3) is 2.90. The number of hydrogen-bond donors (Lipinski definition) is 1. The van der Waals surface area contributed by atoms with E-state index < -0.39 is 0 Å². The SMILES string of the molecule is Cn1ccc(/C=C/Nc2ccccc2)c(C#N)c1=O. The van der Waals surface area contributed by atoms with Gasteiger partial charge in [-0.25, -0.2) is 0 Å². The van der Waals surface area contributed by atoms with Crippen molar-refractivity contribution in [2.45, 2.75) is 0 Å². The number of aryl methyl sites for hydroxylation is 1. The zero-order valence-corrected chi connectivity index (χ0v) is 10.5. The molecular formula is C15H13N3O. The van der Waals surface area contributed by atoms with Crippen LogP contribution in [-0.2, 0) is 7.05 Å². The molecule has 94 valence electrons. The summed E-state index contributed by atoms with van der Waals surface area (Å²) in [6, 6.07) is 13.3. The Morgan fingerprint density at radius 3 is 2.68 bits per heavy atom. The molecule has 2 aromatic rings. The Kier molecular flexibility index (Phi) is 3.79. The van der Waals surface area contributed by atoms with E-state index in [4.69, 9.17) is 5.26 Å². The van der Waals surface area contributed by atoms with Crippen molar-refractivity contribution >= 4 is 11.8 Å². The Morgan fingerprint density at radius 2 is 2.00 bits per heavy atom. The van der Waals surface area contributed by atoms with Gasteiger partial charge < -0.3 is 9.88 Å². The van der Waals surface area contributed by atoms with E-state index in [9.17, 15) is 4.79 Å². The molecule has 4 nitrogen and oxygen atoms in total. The fourth-order valence-electron chi connectivity index (χ4n) is 1.66. The first-order valence-corrected chi connectivity index (χ1v) is 5.80. The molecular weight excluding hydrogens is 238 g/mol. The van der Waals surface area contributed by atoms with E-state index in [-0.39, 0.29) is 11.1 Å². The number of nitriles is 1. The van der Waals surface area contributed by atoms with Crippen LogP contribution in [0.2, 0.25) is 0 Å². The Bertz CT molecular complexity index is 694. The van der Waals surface area contributed by atoms with E-state index in [1.165, 1.54) is 4.57 Å². The molecule has 0 spiro atoms. The van der Waals surface area contributed by atoms with Crippen LogP contribution >= 0.6 is 0 Å². The minimum Gasteiger partial charge on any atom is -0.362 e. The quantitative estimate of drug-likeness (QED) is 0.910. The van der Waals surface area contributed by atoms with Crippen LogP contribution in [0.15, 0.2) is 53.6 Å². The molecule has 0 radical (unpaired) electrons.